The molecule has 0 aliphatic rings. The van der Waals surface area contributed by atoms with Gasteiger partial charge in [-0.15, -0.1) is 0 Å². The number of Topliss-reactive ketones (excluding diaryl/α,β-unsaturated/α-hetero) is 1. The normalized spacial score (nSPS) is 10.2. The van der Waals surface area contributed by atoms with E-state index in [1.165, 1.54) is 6.92 Å². The molecule has 0 fully saturated rings. The third kappa shape index (κ3) is 2.76. The van der Waals surface area contributed by atoms with Gasteiger partial charge in [0.25, 0.3) is 0 Å². The quantitative estimate of drug-likeness (QED) is 0.800. The van der Waals surface area contributed by atoms with Crippen LogP contribution in [0, 0.1) is 6.92 Å². The van der Waals surface area contributed by atoms with Gasteiger partial charge in [0.1, 0.15) is 5.75 Å². The molecule has 18 heavy (non-hydrogen) atoms. The standard InChI is InChI=1S/C14H12BrNO2/c1-9-8-11(15)5-6-13(9)18-14-12(10(2)17)4-3-7-16-14/h3-8H,1-2H3. The average molecular weight is 306 g/mol. The number of aryl methyl sites for hydroxylation is 1. The Bertz CT molecular complexity index is 596. The fourth-order valence-corrected chi connectivity index (χ4v) is 2.05. The first kappa shape index (κ1) is 12.8. The van der Waals surface area contributed by atoms with Gasteiger partial charge in [-0.2, -0.15) is 0 Å². The lowest BCUT2D eigenvalue weighted by Gasteiger charge is -2.10. The van der Waals surface area contributed by atoms with E-state index >= 15 is 0 Å². The third-order valence-electron chi connectivity index (χ3n) is 2.49. The minimum atomic E-state index is -0.0622. The van der Waals surface area contributed by atoms with Crippen molar-refractivity contribution in [1.82, 2.24) is 4.98 Å². The highest BCUT2D eigenvalue weighted by molar-refractivity contribution is 9.10. The maximum absolute atomic E-state index is 11.5. The van der Waals surface area contributed by atoms with Crippen LogP contribution in [-0.4, -0.2) is 10.8 Å². The zero-order valence-electron chi connectivity index (χ0n) is 10.1. The van der Waals surface area contributed by atoms with Crippen LogP contribution >= 0.6 is 15.9 Å². The summed E-state index contributed by atoms with van der Waals surface area (Å²) in [5.41, 5.74) is 1.46. The highest BCUT2D eigenvalue weighted by Gasteiger charge is 2.11. The number of carbonyl (C=O) groups is 1. The molecule has 1 aromatic heterocycles. The molecule has 0 aliphatic carbocycles. The molecule has 3 nitrogen and oxygen atoms in total. The van der Waals surface area contributed by atoms with Crippen LogP contribution in [0.4, 0.5) is 0 Å². The van der Waals surface area contributed by atoms with Gasteiger partial charge in [0.15, 0.2) is 5.78 Å². The van der Waals surface area contributed by atoms with Crippen molar-refractivity contribution in [2.45, 2.75) is 13.8 Å². The van der Waals surface area contributed by atoms with Gasteiger partial charge in [0, 0.05) is 10.7 Å². The summed E-state index contributed by atoms with van der Waals surface area (Å²) in [5, 5.41) is 0. The number of ketones is 1. The van der Waals surface area contributed by atoms with Gasteiger partial charge in [0.2, 0.25) is 5.88 Å². The van der Waals surface area contributed by atoms with Crippen LogP contribution in [0.5, 0.6) is 11.6 Å². The molecule has 0 spiro atoms. The van der Waals surface area contributed by atoms with E-state index in [-0.39, 0.29) is 5.78 Å². The summed E-state index contributed by atoms with van der Waals surface area (Å²) < 4.78 is 6.69. The lowest BCUT2D eigenvalue weighted by atomic mass is 10.2. The first-order valence-electron chi connectivity index (χ1n) is 5.48. The van der Waals surface area contributed by atoms with Gasteiger partial charge in [0.05, 0.1) is 5.56 Å². The maximum atomic E-state index is 11.5. The highest BCUT2D eigenvalue weighted by Crippen LogP contribution is 2.28. The van der Waals surface area contributed by atoms with Gasteiger partial charge in [-0.25, -0.2) is 4.98 Å². The van der Waals surface area contributed by atoms with Crippen LogP contribution < -0.4 is 4.74 Å². The number of aromatic nitrogens is 1. The Morgan fingerprint density at radius 2 is 2.11 bits per heavy atom. The Balaban J connectivity index is 2.37. The van der Waals surface area contributed by atoms with Crippen LogP contribution in [0.15, 0.2) is 41.0 Å². The minimum Gasteiger partial charge on any atom is -0.438 e. The fraction of sp³-hybridized carbons (Fsp3) is 0.143. The Morgan fingerprint density at radius 1 is 1.33 bits per heavy atom. The molecule has 1 aromatic carbocycles. The predicted molar refractivity (Wildman–Crippen MR) is 73.2 cm³/mol. The molecule has 0 N–H and O–H groups in total. The van der Waals surface area contributed by atoms with Gasteiger partial charge in [-0.1, -0.05) is 15.9 Å². The maximum Gasteiger partial charge on any atom is 0.230 e. The molecule has 0 radical (unpaired) electrons. The van der Waals surface area contributed by atoms with Crippen LogP contribution in [0.25, 0.3) is 0 Å². The number of nitrogens with zero attached hydrogens (tertiary/aromatic N) is 1. The molecule has 1 heterocycles. The Labute approximate surface area is 114 Å². The molecule has 0 saturated heterocycles. The summed E-state index contributed by atoms with van der Waals surface area (Å²) in [4.78, 5) is 15.6. The van der Waals surface area contributed by atoms with E-state index in [0.717, 1.165) is 10.0 Å². The van der Waals surface area contributed by atoms with Crippen molar-refractivity contribution in [1.29, 1.82) is 0 Å². The summed E-state index contributed by atoms with van der Waals surface area (Å²) in [7, 11) is 0. The zero-order valence-corrected chi connectivity index (χ0v) is 11.7. The Kier molecular flexibility index (Phi) is 3.77. The molecule has 0 amide bonds. The summed E-state index contributed by atoms with van der Waals surface area (Å²) in [6.45, 7) is 3.44. The first-order valence-corrected chi connectivity index (χ1v) is 6.27. The number of ether oxygens (including phenoxy) is 1. The third-order valence-corrected chi connectivity index (χ3v) is 2.99. The van der Waals surface area contributed by atoms with Crippen molar-refractivity contribution in [3.8, 4) is 11.6 Å². The van der Waals surface area contributed by atoms with Crippen molar-refractivity contribution in [2.24, 2.45) is 0 Å². The SMILES string of the molecule is CC(=O)c1cccnc1Oc1ccc(Br)cc1C. The van der Waals surface area contributed by atoms with Crippen LogP contribution in [0.3, 0.4) is 0 Å². The molecular formula is C14H12BrNO2. The van der Waals surface area contributed by atoms with Crippen molar-refractivity contribution in [2.75, 3.05) is 0 Å². The van der Waals surface area contributed by atoms with Gasteiger partial charge < -0.3 is 4.74 Å². The molecule has 0 aliphatic heterocycles. The molecule has 2 aromatic rings. The molecule has 92 valence electrons. The van der Waals surface area contributed by atoms with Crippen molar-refractivity contribution in [3.05, 3.63) is 52.1 Å². The zero-order chi connectivity index (χ0) is 13.1. The Morgan fingerprint density at radius 3 is 2.78 bits per heavy atom. The fourth-order valence-electron chi connectivity index (χ4n) is 1.57. The summed E-state index contributed by atoms with van der Waals surface area (Å²) in [5.74, 6) is 0.975. The second-order valence-corrected chi connectivity index (χ2v) is 4.84. The smallest absolute Gasteiger partial charge is 0.230 e. The van der Waals surface area contributed by atoms with Gasteiger partial charge in [-0.3, -0.25) is 4.79 Å². The molecule has 0 saturated carbocycles. The number of pyridine rings is 1. The summed E-state index contributed by atoms with van der Waals surface area (Å²) >= 11 is 3.39. The monoisotopic (exact) mass is 305 g/mol. The molecular weight excluding hydrogens is 294 g/mol. The van der Waals surface area contributed by atoms with Crippen molar-refractivity contribution in [3.63, 3.8) is 0 Å². The molecule has 2 rings (SSSR count). The van der Waals surface area contributed by atoms with Gasteiger partial charge >= 0.3 is 0 Å². The predicted octanol–water partition coefficient (Wildman–Crippen LogP) is 4.15. The largest absolute Gasteiger partial charge is 0.438 e. The Hall–Kier alpha value is -1.68. The molecule has 0 unspecified atom stereocenters. The van der Waals surface area contributed by atoms with Crippen LogP contribution in [0.2, 0.25) is 0 Å². The van der Waals surface area contributed by atoms with E-state index in [0.29, 0.717) is 17.2 Å². The lowest BCUT2D eigenvalue weighted by molar-refractivity contribution is 0.101. The van der Waals surface area contributed by atoms with E-state index < -0.39 is 0 Å². The number of hydrogen-bond donors (Lipinski definition) is 0. The number of halogens is 1. The first-order chi connectivity index (χ1) is 8.58. The topological polar surface area (TPSA) is 39.2 Å². The highest BCUT2D eigenvalue weighted by atomic mass is 79.9. The van der Waals surface area contributed by atoms with Crippen molar-refractivity contribution < 1.29 is 9.53 Å². The van der Waals surface area contributed by atoms with Crippen LogP contribution in [-0.2, 0) is 0 Å². The number of carbonyl (C=O) groups excluding carboxylic acids is 1. The second-order valence-electron chi connectivity index (χ2n) is 3.92. The second kappa shape index (κ2) is 5.31. The lowest BCUT2D eigenvalue weighted by Crippen LogP contribution is -1.99. The van der Waals surface area contributed by atoms with Crippen molar-refractivity contribution >= 4 is 21.7 Å². The van der Waals surface area contributed by atoms with Gasteiger partial charge in [-0.05, 0) is 49.7 Å². The number of benzene rings is 1. The van der Waals surface area contributed by atoms with E-state index in [2.05, 4.69) is 20.9 Å². The van der Waals surface area contributed by atoms with E-state index in [9.17, 15) is 4.79 Å². The number of rotatable bonds is 3. The summed E-state index contributed by atoms with van der Waals surface area (Å²) in [6.07, 6.45) is 1.61. The molecule has 4 heteroatoms. The molecule has 0 atom stereocenters. The average Bonchev–Trinajstić information content (AvgIpc) is 2.33. The van der Waals surface area contributed by atoms with E-state index in [1.807, 2.05) is 25.1 Å². The summed E-state index contributed by atoms with van der Waals surface area (Å²) in [6, 6.07) is 9.11. The molecule has 0 bridgehead atoms. The van der Waals surface area contributed by atoms with Crippen LogP contribution in [0.1, 0.15) is 22.8 Å². The minimum absolute atomic E-state index is 0.0622. The van der Waals surface area contributed by atoms with E-state index in [1.54, 1.807) is 18.3 Å². The van der Waals surface area contributed by atoms with E-state index in [4.69, 9.17) is 4.74 Å². The number of hydrogen-bond acceptors (Lipinski definition) is 3.